The number of aliphatic hydroxyl groups excluding tert-OH is 1. The molecule has 4 atom stereocenters. The number of rotatable bonds is 2. The quantitative estimate of drug-likeness (QED) is 0.906. The Hall–Kier alpha value is -2.17. The molecule has 1 amide bonds. The van der Waals surface area contributed by atoms with Crippen molar-refractivity contribution in [3.63, 3.8) is 0 Å². The lowest BCUT2D eigenvalue weighted by Crippen LogP contribution is -2.59. The van der Waals surface area contributed by atoms with Crippen LogP contribution in [-0.4, -0.2) is 42.4 Å². The summed E-state index contributed by atoms with van der Waals surface area (Å²) in [6, 6.07) is 16.8. The summed E-state index contributed by atoms with van der Waals surface area (Å²) in [6.45, 7) is 2.05. The number of benzene rings is 2. The van der Waals surface area contributed by atoms with Crippen LogP contribution >= 0.6 is 0 Å². The molecule has 1 unspecified atom stereocenters. The molecule has 1 N–H and O–H groups in total. The van der Waals surface area contributed by atoms with Crippen LogP contribution in [0.1, 0.15) is 35.1 Å². The normalized spacial score (nSPS) is 35.1. The molecule has 4 aliphatic rings. The third-order valence-corrected chi connectivity index (χ3v) is 7.09. The number of likely N-dealkylation sites (tertiary alicyclic amines) is 1. The molecular formula is C22H23NO3. The van der Waals surface area contributed by atoms with Crippen molar-refractivity contribution < 1.29 is 14.6 Å². The van der Waals surface area contributed by atoms with E-state index in [0.717, 1.165) is 0 Å². The minimum absolute atomic E-state index is 0.0143. The Morgan fingerprint density at radius 2 is 1.62 bits per heavy atom. The summed E-state index contributed by atoms with van der Waals surface area (Å²) in [4.78, 5) is 14.8. The zero-order valence-corrected chi connectivity index (χ0v) is 15.2. The van der Waals surface area contributed by atoms with E-state index in [0.29, 0.717) is 0 Å². The van der Waals surface area contributed by atoms with Gasteiger partial charge in [-0.2, -0.15) is 0 Å². The fourth-order valence-corrected chi connectivity index (χ4v) is 6.04. The maximum absolute atomic E-state index is 13.3. The zero-order valence-electron chi connectivity index (χ0n) is 15.2. The highest BCUT2D eigenvalue weighted by Gasteiger charge is 2.68. The van der Waals surface area contributed by atoms with Crippen LogP contribution in [0, 0.1) is 11.8 Å². The lowest BCUT2D eigenvalue weighted by molar-refractivity contribution is -0.136. The van der Waals surface area contributed by atoms with E-state index in [-0.39, 0.29) is 29.8 Å². The predicted molar refractivity (Wildman–Crippen MR) is 97.7 cm³/mol. The van der Waals surface area contributed by atoms with E-state index in [2.05, 4.69) is 36.4 Å². The Morgan fingerprint density at radius 3 is 2.15 bits per heavy atom. The molecule has 4 heteroatoms. The van der Waals surface area contributed by atoms with Crippen LogP contribution in [0.4, 0.5) is 0 Å². The van der Waals surface area contributed by atoms with Crippen molar-refractivity contribution in [3.8, 4) is 0 Å². The SMILES string of the molecule is COC(C)C12c3ccccc3C(c3ccccc31)[C@H]1[C@@H](O)N(C)C(=O)[C@H]12. The number of carbonyl (C=O) groups excluding carboxylic acids is 1. The summed E-state index contributed by atoms with van der Waals surface area (Å²) in [5.74, 6) is -0.426. The molecule has 0 radical (unpaired) electrons. The molecule has 0 aromatic heterocycles. The number of amides is 1. The first kappa shape index (κ1) is 16.0. The molecule has 134 valence electrons. The number of methoxy groups -OCH3 is 1. The van der Waals surface area contributed by atoms with Gasteiger partial charge in [0, 0.05) is 26.0 Å². The van der Waals surface area contributed by atoms with E-state index in [9.17, 15) is 9.90 Å². The van der Waals surface area contributed by atoms with Gasteiger partial charge >= 0.3 is 0 Å². The summed E-state index contributed by atoms with van der Waals surface area (Å²) in [7, 11) is 3.42. The van der Waals surface area contributed by atoms with E-state index in [1.807, 2.05) is 19.1 Å². The van der Waals surface area contributed by atoms with E-state index in [4.69, 9.17) is 4.74 Å². The molecule has 1 aliphatic heterocycles. The van der Waals surface area contributed by atoms with Crippen molar-refractivity contribution in [2.24, 2.45) is 11.8 Å². The fraction of sp³-hybridized carbons (Fsp3) is 0.409. The highest BCUT2D eigenvalue weighted by molar-refractivity contribution is 5.87. The molecule has 4 nitrogen and oxygen atoms in total. The van der Waals surface area contributed by atoms with Crippen LogP contribution < -0.4 is 0 Å². The molecule has 0 saturated carbocycles. The predicted octanol–water partition coefficient (Wildman–Crippen LogP) is 2.49. The average molecular weight is 349 g/mol. The van der Waals surface area contributed by atoms with Crippen molar-refractivity contribution in [1.82, 2.24) is 4.90 Å². The van der Waals surface area contributed by atoms with E-state index in [1.165, 1.54) is 27.2 Å². The Bertz CT molecular complexity index is 860. The van der Waals surface area contributed by atoms with Gasteiger partial charge in [-0.1, -0.05) is 48.5 Å². The maximum Gasteiger partial charge on any atom is 0.229 e. The molecule has 1 fully saturated rings. The molecule has 3 aliphatic carbocycles. The van der Waals surface area contributed by atoms with Crippen LogP contribution in [0.5, 0.6) is 0 Å². The lowest BCUT2D eigenvalue weighted by atomic mass is 9.45. The highest BCUT2D eigenvalue weighted by Crippen LogP contribution is 2.65. The molecule has 6 rings (SSSR count). The van der Waals surface area contributed by atoms with Gasteiger partial charge in [0.15, 0.2) is 0 Å². The zero-order chi connectivity index (χ0) is 18.2. The van der Waals surface area contributed by atoms with Gasteiger partial charge in [-0.3, -0.25) is 4.79 Å². The second kappa shape index (κ2) is 5.18. The Kier molecular flexibility index (Phi) is 3.19. The summed E-state index contributed by atoms with van der Waals surface area (Å²) in [6.07, 6.45) is -0.969. The van der Waals surface area contributed by atoms with Crippen LogP contribution in [0.15, 0.2) is 48.5 Å². The van der Waals surface area contributed by atoms with Gasteiger partial charge < -0.3 is 14.7 Å². The van der Waals surface area contributed by atoms with Crippen molar-refractivity contribution >= 4 is 5.91 Å². The average Bonchev–Trinajstić information content (AvgIpc) is 2.92. The summed E-state index contributed by atoms with van der Waals surface area (Å²) >= 11 is 0. The third kappa shape index (κ3) is 1.56. The van der Waals surface area contributed by atoms with Gasteiger partial charge in [-0.15, -0.1) is 0 Å². The number of aliphatic hydroxyl groups is 1. The summed E-state index contributed by atoms with van der Waals surface area (Å²) in [5.41, 5.74) is 4.21. The van der Waals surface area contributed by atoms with E-state index in [1.54, 1.807) is 14.2 Å². The largest absolute Gasteiger partial charge is 0.380 e. The summed E-state index contributed by atoms with van der Waals surface area (Å²) < 4.78 is 5.90. The first-order valence-electron chi connectivity index (χ1n) is 9.21. The van der Waals surface area contributed by atoms with Crippen LogP contribution in [0.2, 0.25) is 0 Å². The van der Waals surface area contributed by atoms with Crippen LogP contribution in [-0.2, 0) is 14.9 Å². The second-order valence-corrected chi connectivity index (χ2v) is 7.82. The van der Waals surface area contributed by atoms with Gasteiger partial charge in [-0.25, -0.2) is 0 Å². The van der Waals surface area contributed by atoms with Crippen molar-refractivity contribution in [3.05, 3.63) is 70.8 Å². The molecule has 2 aromatic rings. The van der Waals surface area contributed by atoms with Crippen LogP contribution in [0.3, 0.4) is 0 Å². The smallest absolute Gasteiger partial charge is 0.229 e. The highest BCUT2D eigenvalue weighted by atomic mass is 16.5. The van der Waals surface area contributed by atoms with E-state index >= 15 is 0 Å². The molecular weight excluding hydrogens is 326 g/mol. The number of hydrogen-bond donors (Lipinski definition) is 1. The first-order valence-corrected chi connectivity index (χ1v) is 9.21. The van der Waals surface area contributed by atoms with Crippen molar-refractivity contribution in [2.45, 2.75) is 30.6 Å². The molecule has 26 heavy (non-hydrogen) atoms. The van der Waals surface area contributed by atoms with Crippen LogP contribution in [0.25, 0.3) is 0 Å². The lowest BCUT2D eigenvalue weighted by Gasteiger charge is -2.57. The van der Waals surface area contributed by atoms with Gasteiger partial charge in [0.25, 0.3) is 0 Å². The number of carbonyl (C=O) groups is 1. The molecule has 2 bridgehead atoms. The fourth-order valence-electron chi connectivity index (χ4n) is 6.04. The minimum atomic E-state index is -0.775. The van der Waals surface area contributed by atoms with Crippen molar-refractivity contribution in [1.29, 1.82) is 0 Å². The maximum atomic E-state index is 13.3. The molecule has 0 spiro atoms. The molecule has 2 aromatic carbocycles. The topological polar surface area (TPSA) is 49.8 Å². The first-order chi connectivity index (χ1) is 12.5. The third-order valence-electron chi connectivity index (χ3n) is 7.09. The van der Waals surface area contributed by atoms with Crippen molar-refractivity contribution in [2.75, 3.05) is 14.2 Å². The molecule has 1 saturated heterocycles. The minimum Gasteiger partial charge on any atom is -0.380 e. The van der Waals surface area contributed by atoms with Gasteiger partial charge in [-0.05, 0) is 29.2 Å². The Balaban J connectivity index is 1.94. The standard InChI is InChI=1S/C22H23NO3/c1-12(26-3)22-15-10-6-4-8-13(15)17(14-9-5-7-11-16(14)22)18-19(22)21(25)23(2)20(18)24/h4-12,17-20,24H,1-3H3/t12?,17?,18-,19+,20-,22?/m1/s1. The Morgan fingerprint density at radius 1 is 1.08 bits per heavy atom. The Labute approximate surface area is 153 Å². The van der Waals surface area contributed by atoms with Gasteiger partial charge in [0.2, 0.25) is 5.91 Å². The van der Waals surface area contributed by atoms with Gasteiger partial charge in [0.1, 0.15) is 6.23 Å². The monoisotopic (exact) mass is 349 g/mol. The van der Waals surface area contributed by atoms with Gasteiger partial charge in [0.05, 0.1) is 17.4 Å². The number of hydrogen-bond acceptors (Lipinski definition) is 3. The number of nitrogens with zero attached hydrogens (tertiary/aromatic N) is 1. The second-order valence-electron chi connectivity index (χ2n) is 7.82. The molecule has 1 heterocycles. The number of ether oxygens (including phenoxy) is 1. The van der Waals surface area contributed by atoms with E-state index < -0.39 is 11.6 Å². The summed E-state index contributed by atoms with van der Waals surface area (Å²) in [5, 5.41) is 11.0.